The molecular weight excluding hydrogens is 402 g/mol. The molecule has 0 radical (unpaired) electrons. The average molecular weight is 419 g/mol. The fourth-order valence-electron chi connectivity index (χ4n) is 2.71. The summed E-state index contributed by atoms with van der Waals surface area (Å²) in [6.45, 7) is 0. The van der Waals surface area contributed by atoms with Gasteiger partial charge in [-0.3, -0.25) is 10.1 Å². The summed E-state index contributed by atoms with van der Waals surface area (Å²) in [7, 11) is 0. The second-order valence-corrected chi connectivity index (χ2v) is 7.27. The van der Waals surface area contributed by atoms with Gasteiger partial charge in [0.15, 0.2) is 0 Å². The average Bonchev–Trinajstić information content (AvgIpc) is 3.35. The number of anilines is 2. The van der Waals surface area contributed by atoms with Crippen molar-refractivity contribution < 1.29 is 9.59 Å². The lowest BCUT2D eigenvalue weighted by atomic mass is 10.2. The third-order valence-corrected chi connectivity index (χ3v) is 4.88. The predicted octanol–water partition coefficient (Wildman–Crippen LogP) is 3.36. The number of fused-ring (bicyclic) bond motifs is 1. The minimum absolute atomic E-state index is 0.00484. The van der Waals surface area contributed by atoms with E-state index >= 15 is 0 Å². The number of carbonyl (C=O) groups excluding carboxylic acids is 2. The Kier molecular flexibility index (Phi) is 5.76. The van der Waals surface area contributed by atoms with Crippen molar-refractivity contribution in [1.82, 2.24) is 20.6 Å². The summed E-state index contributed by atoms with van der Waals surface area (Å²) in [5.41, 5.74) is 5.00. The van der Waals surface area contributed by atoms with E-state index in [4.69, 9.17) is 0 Å². The molecule has 150 valence electrons. The Balaban J connectivity index is 1.28. The van der Waals surface area contributed by atoms with Gasteiger partial charge in [-0.25, -0.2) is 10.2 Å². The third-order valence-electron chi connectivity index (χ3n) is 4.04. The van der Waals surface area contributed by atoms with Gasteiger partial charge in [0.2, 0.25) is 11.0 Å². The second kappa shape index (κ2) is 8.97. The first kappa shape index (κ1) is 19.3. The number of para-hydroxylation sites is 2. The Bertz CT molecular complexity index is 1200. The maximum Gasteiger partial charge on any atom is 0.325 e. The molecule has 4 N–H and O–H groups in total. The zero-order chi connectivity index (χ0) is 20.8. The van der Waals surface area contributed by atoms with Crippen LogP contribution < -0.4 is 16.1 Å². The standard InChI is InChI=1S/C20H17N7O2S/c28-17(25-22-12-13-11-21-16-9-5-4-8-15(13)16)10-18-26-27-20(30-18)24-19(29)23-14-6-2-1-3-7-14/h1-9,11-12,21H,10H2,(H,25,28)(H2,23,24,27,29)/b22-12-. The minimum atomic E-state index is -0.434. The van der Waals surface area contributed by atoms with Gasteiger partial charge in [-0.05, 0) is 18.2 Å². The highest BCUT2D eigenvalue weighted by Crippen LogP contribution is 2.17. The number of carbonyl (C=O) groups is 2. The van der Waals surface area contributed by atoms with E-state index in [1.807, 2.05) is 48.7 Å². The predicted molar refractivity (Wildman–Crippen MR) is 117 cm³/mol. The molecule has 9 nitrogen and oxygen atoms in total. The normalized spacial score (nSPS) is 10.9. The molecule has 0 bridgehead atoms. The molecule has 0 fully saturated rings. The van der Waals surface area contributed by atoms with E-state index in [1.165, 1.54) is 0 Å². The first-order valence-corrected chi connectivity index (χ1v) is 9.82. The Morgan fingerprint density at radius 1 is 1.03 bits per heavy atom. The number of aromatic amines is 1. The number of rotatable bonds is 6. The quantitative estimate of drug-likeness (QED) is 0.282. The molecule has 0 saturated carbocycles. The number of nitrogens with zero attached hydrogens (tertiary/aromatic N) is 3. The lowest BCUT2D eigenvalue weighted by molar-refractivity contribution is -0.120. The zero-order valence-corrected chi connectivity index (χ0v) is 16.4. The van der Waals surface area contributed by atoms with Crippen molar-refractivity contribution in [3.8, 4) is 0 Å². The van der Waals surface area contributed by atoms with Crippen LogP contribution in [0.2, 0.25) is 0 Å². The summed E-state index contributed by atoms with van der Waals surface area (Å²) in [5, 5.41) is 18.9. The molecule has 0 atom stereocenters. The molecule has 2 heterocycles. The number of H-pyrrole nitrogens is 1. The molecular formula is C20H17N7O2S. The number of hydrogen-bond donors (Lipinski definition) is 4. The van der Waals surface area contributed by atoms with Crippen LogP contribution in [0.25, 0.3) is 10.9 Å². The van der Waals surface area contributed by atoms with Crippen LogP contribution >= 0.6 is 11.3 Å². The number of benzene rings is 2. The molecule has 4 rings (SSSR count). The molecule has 10 heteroatoms. The maximum atomic E-state index is 12.1. The largest absolute Gasteiger partial charge is 0.361 e. The van der Waals surface area contributed by atoms with Gasteiger partial charge in [-0.1, -0.05) is 47.7 Å². The van der Waals surface area contributed by atoms with Crippen LogP contribution in [0.1, 0.15) is 10.6 Å². The van der Waals surface area contributed by atoms with E-state index in [1.54, 1.807) is 18.3 Å². The van der Waals surface area contributed by atoms with E-state index in [2.05, 4.69) is 36.3 Å². The van der Waals surface area contributed by atoms with E-state index in [0.717, 1.165) is 27.8 Å². The summed E-state index contributed by atoms with van der Waals surface area (Å²) >= 11 is 1.12. The summed E-state index contributed by atoms with van der Waals surface area (Å²) < 4.78 is 0. The number of hydrogen-bond acceptors (Lipinski definition) is 6. The monoisotopic (exact) mass is 419 g/mol. The van der Waals surface area contributed by atoms with Crippen LogP contribution in [-0.4, -0.2) is 33.3 Å². The number of urea groups is 1. The van der Waals surface area contributed by atoms with Crippen LogP contribution in [0.4, 0.5) is 15.6 Å². The first-order chi connectivity index (χ1) is 14.7. The van der Waals surface area contributed by atoms with Crippen LogP contribution in [0.15, 0.2) is 65.9 Å². The van der Waals surface area contributed by atoms with Crippen molar-refractivity contribution in [2.75, 3.05) is 10.6 Å². The Morgan fingerprint density at radius 3 is 2.70 bits per heavy atom. The highest BCUT2D eigenvalue weighted by molar-refractivity contribution is 7.15. The van der Waals surface area contributed by atoms with E-state index in [9.17, 15) is 9.59 Å². The summed E-state index contributed by atoms with van der Waals surface area (Å²) in [6.07, 6.45) is 3.41. The summed E-state index contributed by atoms with van der Waals surface area (Å²) in [4.78, 5) is 27.2. The summed E-state index contributed by atoms with van der Waals surface area (Å²) in [6, 6.07) is 16.4. The molecule has 0 unspecified atom stereocenters. The highest BCUT2D eigenvalue weighted by atomic mass is 32.1. The van der Waals surface area contributed by atoms with Gasteiger partial charge in [0, 0.05) is 28.4 Å². The smallest absolute Gasteiger partial charge is 0.325 e. The fourth-order valence-corrected chi connectivity index (χ4v) is 3.44. The molecule has 3 amide bonds. The van der Waals surface area contributed by atoms with Crippen LogP contribution in [-0.2, 0) is 11.2 Å². The van der Waals surface area contributed by atoms with Gasteiger partial charge in [-0.2, -0.15) is 5.10 Å². The van der Waals surface area contributed by atoms with E-state index < -0.39 is 6.03 Å². The maximum absolute atomic E-state index is 12.1. The van der Waals surface area contributed by atoms with Crippen LogP contribution in [0.5, 0.6) is 0 Å². The van der Waals surface area contributed by atoms with Crippen molar-refractivity contribution >= 4 is 51.2 Å². The van der Waals surface area contributed by atoms with Gasteiger partial charge in [0.25, 0.3) is 0 Å². The van der Waals surface area contributed by atoms with Gasteiger partial charge >= 0.3 is 6.03 Å². The Labute approximate surface area is 175 Å². The molecule has 0 aliphatic carbocycles. The van der Waals surface area contributed by atoms with E-state index in [-0.39, 0.29) is 12.3 Å². The molecule has 4 aromatic rings. The van der Waals surface area contributed by atoms with Crippen molar-refractivity contribution in [2.45, 2.75) is 6.42 Å². The summed E-state index contributed by atoms with van der Waals surface area (Å²) in [5.74, 6) is -0.331. The van der Waals surface area contributed by atoms with Gasteiger partial charge in [0.1, 0.15) is 5.01 Å². The van der Waals surface area contributed by atoms with Crippen molar-refractivity contribution in [1.29, 1.82) is 0 Å². The molecule has 0 aliphatic heterocycles. The molecule has 0 aliphatic rings. The Morgan fingerprint density at radius 2 is 1.83 bits per heavy atom. The number of amides is 3. The van der Waals surface area contributed by atoms with Crippen LogP contribution in [0, 0.1) is 0 Å². The molecule has 30 heavy (non-hydrogen) atoms. The lowest BCUT2D eigenvalue weighted by Gasteiger charge is -2.03. The number of aromatic nitrogens is 3. The SMILES string of the molecule is O=C(Cc1nnc(NC(=O)Nc2ccccc2)s1)N/N=C\c1c[nH]c2ccccc12. The molecule has 2 aromatic heterocycles. The third kappa shape index (κ3) is 4.86. The zero-order valence-electron chi connectivity index (χ0n) is 15.6. The minimum Gasteiger partial charge on any atom is -0.361 e. The van der Waals surface area contributed by atoms with E-state index in [0.29, 0.717) is 15.8 Å². The fraction of sp³-hybridized carbons (Fsp3) is 0.0500. The van der Waals surface area contributed by atoms with Gasteiger partial charge in [-0.15, -0.1) is 10.2 Å². The second-order valence-electron chi connectivity index (χ2n) is 6.21. The van der Waals surface area contributed by atoms with Crippen molar-refractivity contribution in [3.63, 3.8) is 0 Å². The number of hydrazone groups is 1. The van der Waals surface area contributed by atoms with Gasteiger partial charge < -0.3 is 10.3 Å². The topological polar surface area (TPSA) is 124 Å². The van der Waals surface area contributed by atoms with Gasteiger partial charge in [0.05, 0.1) is 12.6 Å². The lowest BCUT2D eigenvalue weighted by Crippen LogP contribution is -2.19. The molecule has 2 aromatic carbocycles. The Hall–Kier alpha value is -4.05. The van der Waals surface area contributed by atoms with Crippen LogP contribution in [0.3, 0.4) is 0 Å². The number of nitrogens with one attached hydrogen (secondary N) is 4. The molecule has 0 saturated heterocycles. The van der Waals surface area contributed by atoms with Crippen molar-refractivity contribution in [2.24, 2.45) is 5.10 Å². The molecule has 0 spiro atoms. The first-order valence-electron chi connectivity index (χ1n) is 9.01. The van der Waals surface area contributed by atoms with Crippen molar-refractivity contribution in [3.05, 3.63) is 71.4 Å². The highest BCUT2D eigenvalue weighted by Gasteiger charge is 2.11.